The number of ether oxygens (including phenoxy) is 1. The van der Waals surface area contributed by atoms with Crippen LogP contribution in [0.4, 0.5) is 10.1 Å². The molecular weight excluding hydrogens is 343 g/mol. The summed E-state index contributed by atoms with van der Waals surface area (Å²) in [5.41, 5.74) is 2.44. The average molecular weight is 364 g/mol. The maximum Gasteiger partial charge on any atom is 0.231 e. The third kappa shape index (κ3) is 5.14. The molecule has 0 fully saturated rings. The Balaban J connectivity index is 1.80. The third-order valence-electron chi connectivity index (χ3n) is 4.09. The summed E-state index contributed by atoms with van der Waals surface area (Å²) >= 11 is 0. The summed E-state index contributed by atoms with van der Waals surface area (Å²) in [5, 5.41) is 0. The molecule has 1 heterocycles. The van der Waals surface area contributed by atoms with Gasteiger partial charge in [-0.1, -0.05) is 18.2 Å². The molecule has 27 heavy (non-hydrogen) atoms. The molecule has 0 bridgehead atoms. The predicted molar refractivity (Wildman–Crippen MR) is 103 cm³/mol. The molecule has 0 N–H and O–H groups in total. The van der Waals surface area contributed by atoms with Crippen molar-refractivity contribution in [1.82, 2.24) is 4.98 Å². The van der Waals surface area contributed by atoms with Crippen molar-refractivity contribution in [2.75, 3.05) is 11.5 Å². The summed E-state index contributed by atoms with van der Waals surface area (Å²) in [7, 11) is 0. The SMILES string of the molecule is CCOc1ccc(CC(=O)N(Cc2cccnc2)c2ccc(F)cc2)cc1. The van der Waals surface area contributed by atoms with Gasteiger partial charge in [0.05, 0.1) is 19.6 Å². The number of hydrogen-bond donors (Lipinski definition) is 0. The van der Waals surface area contributed by atoms with Crippen LogP contribution in [0.3, 0.4) is 0 Å². The highest BCUT2D eigenvalue weighted by Gasteiger charge is 2.17. The number of carbonyl (C=O) groups is 1. The van der Waals surface area contributed by atoms with E-state index in [4.69, 9.17) is 4.74 Å². The van der Waals surface area contributed by atoms with E-state index < -0.39 is 0 Å². The van der Waals surface area contributed by atoms with E-state index in [1.54, 1.807) is 29.4 Å². The largest absolute Gasteiger partial charge is 0.494 e. The molecule has 138 valence electrons. The molecule has 0 unspecified atom stereocenters. The Morgan fingerprint density at radius 2 is 1.78 bits per heavy atom. The molecule has 0 aliphatic carbocycles. The van der Waals surface area contributed by atoms with Crippen molar-refractivity contribution < 1.29 is 13.9 Å². The van der Waals surface area contributed by atoms with Gasteiger partial charge in [0.25, 0.3) is 0 Å². The number of amides is 1. The van der Waals surface area contributed by atoms with E-state index in [0.29, 0.717) is 18.8 Å². The monoisotopic (exact) mass is 364 g/mol. The third-order valence-corrected chi connectivity index (χ3v) is 4.09. The van der Waals surface area contributed by atoms with Crippen LogP contribution in [0.1, 0.15) is 18.1 Å². The average Bonchev–Trinajstić information content (AvgIpc) is 2.69. The van der Waals surface area contributed by atoms with Crippen LogP contribution in [0.2, 0.25) is 0 Å². The Kier molecular flexibility index (Phi) is 6.15. The second-order valence-corrected chi connectivity index (χ2v) is 6.07. The Labute approximate surface area is 158 Å². The Bertz CT molecular complexity index is 865. The molecule has 4 nitrogen and oxygen atoms in total. The van der Waals surface area contributed by atoms with Gasteiger partial charge in [-0.25, -0.2) is 4.39 Å². The molecule has 5 heteroatoms. The minimum atomic E-state index is -0.334. The van der Waals surface area contributed by atoms with E-state index in [2.05, 4.69) is 4.98 Å². The standard InChI is InChI=1S/C22H21FN2O2/c1-2-27-21-11-5-17(6-12-21)14-22(26)25(16-18-4-3-13-24-15-18)20-9-7-19(23)8-10-20/h3-13,15H,2,14,16H2,1H3. The first-order valence-electron chi connectivity index (χ1n) is 8.82. The van der Waals surface area contributed by atoms with Gasteiger partial charge in [-0.15, -0.1) is 0 Å². The predicted octanol–water partition coefficient (Wildman–Crippen LogP) is 4.40. The van der Waals surface area contributed by atoms with E-state index in [1.807, 2.05) is 43.3 Å². The highest BCUT2D eigenvalue weighted by atomic mass is 19.1. The highest BCUT2D eigenvalue weighted by molar-refractivity contribution is 5.94. The fraction of sp³-hybridized carbons (Fsp3) is 0.182. The van der Waals surface area contributed by atoms with Crippen LogP contribution in [0.5, 0.6) is 5.75 Å². The van der Waals surface area contributed by atoms with Crippen molar-refractivity contribution >= 4 is 11.6 Å². The van der Waals surface area contributed by atoms with Crippen molar-refractivity contribution in [2.24, 2.45) is 0 Å². The quantitative estimate of drug-likeness (QED) is 0.624. The van der Waals surface area contributed by atoms with E-state index in [0.717, 1.165) is 16.9 Å². The summed E-state index contributed by atoms with van der Waals surface area (Å²) in [4.78, 5) is 18.7. The topological polar surface area (TPSA) is 42.4 Å². The fourth-order valence-electron chi connectivity index (χ4n) is 2.76. The maximum atomic E-state index is 13.3. The Morgan fingerprint density at radius 3 is 2.41 bits per heavy atom. The van der Waals surface area contributed by atoms with Crippen LogP contribution in [-0.2, 0) is 17.8 Å². The van der Waals surface area contributed by atoms with Crippen molar-refractivity contribution in [2.45, 2.75) is 19.9 Å². The van der Waals surface area contributed by atoms with Crippen LogP contribution in [0.25, 0.3) is 0 Å². The molecule has 1 amide bonds. The number of carbonyl (C=O) groups excluding carboxylic acids is 1. The van der Waals surface area contributed by atoms with Crippen LogP contribution in [0, 0.1) is 5.82 Å². The smallest absolute Gasteiger partial charge is 0.231 e. The molecule has 3 rings (SSSR count). The molecular formula is C22H21FN2O2. The summed E-state index contributed by atoms with van der Waals surface area (Å²) in [5.74, 6) is 0.369. The van der Waals surface area contributed by atoms with Gasteiger partial charge in [-0.3, -0.25) is 9.78 Å². The lowest BCUT2D eigenvalue weighted by atomic mass is 10.1. The number of nitrogens with zero attached hydrogens (tertiary/aromatic N) is 2. The number of pyridine rings is 1. The van der Waals surface area contributed by atoms with Crippen molar-refractivity contribution in [3.63, 3.8) is 0 Å². The summed E-state index contributed by atoms with van der Waals surface area (Å²) in [6.07, 6.45) is 3.65. The first-order valence-corrected chi connectivity index (χ1v) is 8.82. The molecule has 0 saturated heterocycles. The summed E-state index contributed by atoms with van der Waals surface area (Å²) in [6.45, 7) is 2.90. The first kappa shape index (κ1) is 18.6. The lowest BCUT2D eigenvalue weighted by Gasteiger charge is -2.23. The number of rotatable bonds is 7. The minimum Gasteiger partial charge on any atom is -0.494 e. The molecule has 0 radical (unpaired) electrons. The zero-order valence-electron chi connectivity index (χ0n) is 15.1. The lowest BCUT2D eigenvalue weighted by Crippen LogP contribution is -2.31. The number of aromatic nitrogens is 1. The molecule has 0 aliphatic heterocycles. The van der Waals surface area contributed by atoms with Crippen molar-refractivity contribution in [1.29, 1.82) is 0 Å². The molecule has 0 aliphatic rings. The van der Waals surface area contributed by atoms with Gasteiger partial charge >= 0.3 is 0 Å². The molecule has 0 spiro atoms. The molecule has 0 saturated carbocycles. The zero-order chi connectivity index (χ0) is 19.1. The van der Waals surface area contributed by atoms with E-state index >= 15 is 0 Å². The second kappa shape index (κ2) is 8.94. The number of halogens is 1. The van der Waals surface area contributed by atoms with Crippen LogP contribution in [0.15, 0.2) is 73.1 Å². The zero-order valence-corrected chi connectivity index (χ0v) is 15.1. The van der Waals surface area contributed by atoms with Gasteiger partial charge in [-0.2, -0.15) is 0 Å². The van der Waals surface area contributed by atoms with Gasteiger partial charge in [-0.05, 0) is 60.5 Å². The Morgan fingerprint density at radius 1 is 1.04 bits per heavy atom. The highest BCUT2D eigenvalue weighted by Crippen LogP contribution is 2.20. The number of hydrogen-bond acceptors (Lipinski definition) is 3. The molecule has 2 aromatic carbocycles. The first-order chi connectivity index (χ1) is 13.2. The van der Waals surface area contributed by atoms with Gasteiger partial charge in [0.2, 0.25) is 5.91 Å². The molecule has 0 atom stereocenters. The van der Waals surface area contributed by atoms with E-state index in [1.165, 1.54) is 12.1 Å². The summed E-state index contributed by atoms with van der Waals surface area (Å²) in [6, 6.07) is 17.2. The normalized spacial score (nSPS) is 10.4. The lowest BCUT2D eigenvalue weighted by molar-refractivity contribution is -0.118. The van der Waals surface area contributed by atoms with E-state index in [-0.39, 0.29) is 18.1 Å². The Hall–Kier alpha value is -3.21. The van der Waals surface area contributed by atoms with Crippen LogP contribution >= 0.6 is 0 Å². The number of benzene rings is 2. The van der Waals surface area contributed by atoms with Crippen molar-refractivity contribution in [3.8, 4) is 5.75 Å². The van der Waals surface area contributed by atoms with Gasteiger partial charge in [0.15, 0.2) is 0 Å². The molecule has 3 aromatic rings. The number of anilines is 1. The van der Waals surface area contributed by atoms with Crippen LogP contribution in [-0.4, -0.2) is 17.5 Å². The van der Waals surface area contributed by atoms with Gasteiger partial charge in [0, 0.05) is 18.1 Å². The minimum absolute atomic E-state index is 0.0744. The van der Waals surface area contributed by atoms with Crippen LogP contribution < -0.4 is 9.64 Å². The van der Waals surface area contributed by atoms with Gasteiger partial charge in [0.1, 0.15) is 11.6 Å². The fourth-order valence-corrected chi connectivity index (χ4v) is 2.76. The van der Waals surface area contributed by atoms with Crippen molar-refractivity contribution in [3.05, 3.63) is 90.0 Å². The second-order valence-electron chi connectivity index (χ2n) is 6.07. The van der Waals surface area contributed by atoms with Gasteiger partial charge < -0.3 is 9.64 Å². The van der Waals surface area contributed by atoms with E-state index in [9.17, 15) is 9.18 Å². The maximum absolute atomic E-state index is 13.3. The summed E-state index contributed by atoms with van der Waals surface area (Å²) < 4.78 is 18.7. The molecule has 1 aromatic heterocycles.